The van der Waals surface area contributed by atoms with Crippen LogP contribution in [0.15, 0.2) is 36.5 Å². The van der Waals surface area contributed by atoms with E-state index in [1.165, 1.54) is 23.0 Å². The smallest absolute Gasteiger partial charge is 0.407 e. The lowest BCUT2D eigenvalue weighted by molar-refractivity contribution is -0.121. The van der Waals surface area contributed by atoms with Gasteiger partial charge in [-0.25, -0.2) is 4.79 Å². The lowest BCUT2D eigenvalue weighted by Crippen LogP contribution is -2.41. The van der Waals surface area contributed by atoms with Gasteiger partial charge in [0.25, 0.3) is 0 Å². The third-order valence-corrected chi connectivity index (χ3v) is 5.27. The number of carbonyl (C=O) groups is 2. The molecule has 0 aliphatic carbocycles. The quantitative estimate of drug-likeness (QED) is 0.816. The molecule has 1 saturated heterocycles. The first-order chi connectivity index (χ1) is 13.1. The number of likely N-dealkylation sites (N-methyl/N-ethyl adjacent to an activating group) is 1. The summed E-state index contributed by atoms with van der Waals surface area (Å²) in [6, 6.07) is 10.2. The molecule has 7 heteroatoms. The molecule has 0 saturated carbocycles. The Labute approximate surface area is 159 Å². The van der Waals surface area contributed by atoms with Crippen LogP contribution >= 0.6 is 0 Å². The fourth-order valence-corrected chi connectivity index (χ4v) is 3.65. The highest BCUT2D eigenvalue weighted by atomic mass is 16.4. The maximum absolute atomic E-state index is 11.5. The predicted octanol–water partition coefficient (Wildman–Crippen LogP) is 2.57. The summed E-state index contributed by atoms with van der Waals surface area (Å²) in [6.07, 6.45) is 3.63. The highest BCUT2D eigenvalue weighted by Crippen LogP contribution is 2.30. The minimum Gasteiger partial charge on any atom is -0.465 e. The number of amides is 2. The number of aromatic nitrogens is 1. The van der Waals surface area contributed by atoms with Gasteiger partial charge in [-0.2, -0.15) is 0 Å². The van der Waals surface area contributed by atoms with E-state index in [0.717, 1.165) is 37.9 Å². The third kappa shape index (κ3) is 4.67. The Kier molecular flexibility index (Phi) is 6.11. The Balaban J connectivity index is 1.55. The number of hydrogen-bond donors (Lipinski definition) is 2. The summed E-state index contributed by atoms with van der Waals surface area (Å²) in [5.41, 5.74) is 2.22. The average molecular weight is 370 g/mol. The zero-order valence-corrected chi connectivity index (χ0v) is 15.6. The number of nitrogens with one attached hydrogen (secondary N) is 1. The van der Waals surface area contributed by atoms with Crippen LogP contribution in [0, 0.1) is 5.92 Å². The number of benzene rings is 1. The molecular weight excluding hydrogens is 344 g/mol. The second-order valence-corrected chi connectivity index (χ2v) is 6.94. The monoisotopic (exact) mass is 370 g/mol. The van der Waals surface area contributed by atoms with Gasteiger partial charge in [-0.05, 0) is 37.3 Å². The summed E-state index contributed by atoms with van der Waals surface area (Å²) >= 11 is 0. The molecule has 0 radical (unpaired) electrons. The van der Waals surface area contributed by atoms with Crippen LogP contribution in [0.25, 0.3) is 10.9 Å². The Morgan fingerprint density at radius 3 is 2.70 bits per heavy atom. The molecule has 0 atom stereocenters. The molecule has 144 valence electrons. The molecule has 1 aromatic carbocycles. The first kappa shape index (κ1) is 18.9. The Bertz CT molecular complexity index is 797. The minimum absolute atomic E-state index is 0.103. The van der Waals surface area contributed by atoms with E-state index in [1.54, 1.807) is 0 Å². The summed E-state index contributed by atoms with van der Waals surface area (Å²) in [7, 11) is 1.51. The lowest BCUT2D eigenvalue weighted by Gasteiger charge is -2.34. The number of pyridine rings is 1. The third-order valence-electron chi connectivity index (χ3n) is 5.27. The molecule has 7 nitrogen and oxygen atoms in total. The number of hydrogen-bond acceptors (Lipinski definition) is 4. The Hall–Kier alpha value is -2.83. The summed E-state index contributed by atoms with van der Waals surface area (Å²) in [5.74, 6) is 0.192. The van der Waals surface area contributed by atoms with E-state index in [2.05, 4.69) is 27.3 Å². The van der Waals surface area contributed by atoms with Gasteiger partial charge in [0, 0.05) is 44.0 Å². The van der Waals surface area contributed by atoms with Gasteiger partial charge >= 0.3 is 6.09 Å². The fraction of sp³-hybridized carbons (Fsp3) is 0.450. The number of nitrogens with zero attached hydrogens (tertiary/aromatic N) is 3. The first-order valence-electron chi connectivity index (χ1n) is 9.35. The summed E-state index contributed by atoms with van der Waals surface area (Å²) in [6.45, 7) is 2.18. The molecule has 27 heavy (non-hydrogen) atoms. The van der Waals surface area contributed by atoms with Crippen LogP contribution in [0.1, 0.15) is 19.3 Å². The van der Waals surface area contributed by atoms with Gasteiger partial charge in [0.2, 0.25) is 5.91 Å². The van der Waals surface area contributed by atoms with Crippen molar-refractivity contribution in [1.82, 2.24) is 15.2 Å². The molecule has 3 rings (SSSR count). The van der Waals surface area contributed by atoms with Crippen LogP contribution in [-0.4, -0.2) is 60.2 Å². The van der Waals surface area contributed by atoms with Gasteiger partial charge in [-0.15, -0.1) is 0 Å². The maximum atomic E-state index is 11.5. The molecule has 2 aromatic rings. The maximum Gasteiger partial charge on any atom is 0.407 e. The van der Waals surface area contributed by atoms with Gasteiger partial charge in [0.05, 0.1) is 5.52 Å². The Morgan fingerprint density at radius 2 is 2.00 bits per heavy atom. The van der Waals surface area contributed by atoms with Crippen molar-refractivity contribution >= 4 is 28.6 Å². The highest BCUT2D eigenvalue weighted by Gasteiger charge is 2.23. The van der Waals surface area contributed by atoms with E-state index in [0.29, 0.717) is 12.5 Å². The number of carbonyl (C=O) groups excluding carboxylic acids is 1. The zero-order chi connectivity index (χ0) is 19.2. The summed E-state index contributed by atoms with van der Waals surface area (Å²) in [4.78, 5) is 30.8. The normalized spacial score (nSPS) is 14.9. The molecule has 2 N–H and O–H groups in total. The van der Waals surface area contributed by atoms with E-state index in [1.807, 2.05) is 24.4 Å². The number of fused-ring (bicyclic) bond motifs is 1. The first-order valence-corrected chi connectivity index (χ1v) is 9.35. The average Bonchev–Trinajstić information content (AvgIpc) is 2.70. The molecule has 1 aromatic heterocycles. The second-order valence-electron chi connectivity index (χ2n) is 6.94. The van der Waals surface area contributed by atoms with Crippen molar-refractivity contribution < 1.29 is 14.7 Å². The van der Waals surface area contributed by atoms with Crippen LogP contribution in [0.5, 0.6) is 0 Å². The Morgan fingerprint density at radius 1 is 1.26 bits per heavy atom. The molecule has 1 fully saturated rings. The van der Waals surface area contributed by atoms with E-state index in [9.17, 15) is 14.7 Å². The number of carboxylic acid groups (broad SMARTS) is 1. The summed E-state index contributed by atoms with van der Waals surface area (Å²) in [5, 5.41) is 12.9. The SMILES string of the molecule is CNC(=O)CN(CCC1CCN(c2ccnc3ccccc23)CC1)C(=O)O. The predicted molar refractivity (Wildman–Crippen MR) is 105 cm³/mol. The number of anilines is 1. The van der Waals surface area contributed by atoms with Crippen LogP contribution in [0.3, 0.4) is 0 Å². The van der Waals surface area contributed by atoms with Crippen molar-refractivity contribution in [3.05, 3.63) is 36.5 Å². The standard InChI is InChI=1S/C20H26N4O3/c1-21-19(25)14-24(20(26)27)13-9-15-7-11-23(12-8-15)18-6-10-22-17-5-3-2-4-16(17)18/h2-6,10,15H,7-9,11-14H2,1H3,(H,21,25)(H,26,27). The summed E-state index contributed by atoms with van der Waals surface area (Å²) < 4.78 is 0. The van der Waals surface area contributed by atoms with Crippen molar-refractivity contribution in [2.45, 2.75) is 19.3 Å². The molecule has 2 amide bonds. The van der Waals surface area contributed by atoms with E-state index in [4.69, 9.17) is 0 Å². The van der Waals surface area contributed by atoms with Gasteiger partial charge in [-0.3, -0.25) is 14.7 Å². The van der Waals surface area contributed by atoms with Crippen molar-refractivity contribution in [3.63, 3.8) is 0 Å². The molecule has 0 unspecified atom stereocenters. The number of para-hydroxylation sites is 1. The van der Waals surface area contributed by atoms with Gasteiger partial charge in [-0.1, -0.05) is 18.2 Å². The number of piperidine rings is 1. The highest BCUT2D eigenvalue weighted by molar-refractivity contribution is 5.91. The van der Waals surface area contributed by atoms with E-state index < -0.39 is 6.09 Å². The fourth-order valence-electron chi connectivity index (χ4n) is 3.65. The topological polar surface area (TPSA) is 85.8 Å². The van der Waals surface area contributed by atoms with Crippen molar-refractivity contribution in [3.8, 4) is 0 Å². The van der Waals surface area contributed by atoms with Crippen LogP contribution in [-0.2, 0) is 4.79 Å². The zero-order valence-electron chi connectivity index (χ0n) is 15.6. The van der Waals surface area contributed by atoms with Crippen molar-refractivity contribution in [2.75, 3.05) is 38.1 Å². The van der Waals surface area contributed by atoms with Gasteiger partial charge in [0.1, 0.15) is 6.54 Å². The second kappa shape index (κ2) is 8.70. The molecule has 0 bridgehead atoms. The van der Waals surface area contributed by atoms with Crippen LogP contribution < -0.4 is 10.2 Å². The van der Waals surface area contributed by atoms with Crippen molar-refractivity contribution in [2.24, 2.45) is 5.92 Å². The van der Waals surface area contributed by atoms with Crippen LogP contribution in [0.4, 0.5) is 10.5 Å². The molecule has 0 spiro atoms. The van der Waals surface area contributed by atoms with Crippen molar-refractivity contribution in [1.29, 1.82) is 0 Å². The van der Waals surface area contributed by atoms with E-state index in [-0.39, 0.29) is 12.5 Å². The van der Waals surface area contributed by atoms with E-state index >= 15 is 0 Å². The molecule has 1 aliphatic heterocycles. The van der Waals surface area contributed by atoms with Crippen LogP contribution in [0.2, 0.25) is 0 Å². The minimum atomic E-state index is -1.04. The molecular formula is C20H26N4O3. The largest absolute Gasteiger partial charge is 0.465 e. The molecule has 2 heterocycles. The van der Waals surface area contributed by atoms with Gasteiger partial charge in [0.15, 0.2) is 0 Å². The number of rotatable bonds is 6. The van der Waals surface area contributed by atoms with Gasteiger partial charge < -0.3 is 15.3 Å². The lowest BCUT2D eigenvalue weighted by atomic mass is 9.93. The molecule has 1 aliphatic rings.